The van der Waals surface area contributed by atoms with Crippen molar-refractivity contribution >= 4 is 35.0 Å². The Bertz CT molecular complexity index is 1090. The average Bonchev–Trinajstić information content (AvgIpc) is 3.16. The minimum Gasteiger partial charge on any atom is -0.494 e. The number of ether oxygens (including phenoxy) is 1. The number of nitrogens with one attached hydrogen (secondary N) is 1. The lowest BCUT2D eigenvalue weighted by Crippen LogP contribution is -2.16. The molecule has 0 radical (unpaired) electrons. The van der Waals surface area contributed by atoms with Crippen LogP contribution in [0.5, 0.6) is 5.75 Å². The zero-order valence-corrected chi connectivity index (χ0v) is 18.8. The van der Waals surface area contributed by atoms with Crippen molar-refractivity contribution in [3.63, 3.8) is 0 Å². The van der Waals surface area contributed by atoms with Gasteiger partial charge in [0, 0.05) is 12.1 Å². The molecule has 0 spiro atoms. The second kappa shape index (κ2) is 10.3. The van der Waals surface area contributed by atoms with E-state index in [-0.39, 0.29) is 16.5 Å². The highest BCUT2D eigenvalue weighted by atomic mass is 35.5. The fourth-order valence-corrected chi connectivity index (χ4v) is 3.84. The second-order valence-corrected chi connectivity index (χ2v) is 7.89. The van der Waals surface area contributed by atoms with Crippen molar-refractivity contribution in [1.29, 1.82) is 0 Å². The summed E-state index contributed by atoms with van der Waals surface area (Å²) in [5, 5.41) is 11.3. The number of amides is 1. The molecule has 0 saturated heterocycles. The van der Waals surface area contributed by atoms with E-state index < -0.39 is 17.6 Å². The molecule has 0 aliphatic heterocycles. The van der Waals surface area contributed by atoms with E-state index in [1.165, 1.54) is 0 Å². The first kappa shape index (κ1) is 23.9. The minimum atomic E-state index is -4.53. The number of thioether (sulfide) groups is 1. The third-order valence-electron chi connectivity index (χ3n) is 4.36. The molecule has 2 aromatic carbocycles. The Morgan fingerprint density at radius 2 is 1.88 bits per heavy atom. The van der Waals surface area contributed by atoms with Crippen LogP contribution in [0.25, 0.3) is 11.4 Å². The highest BCUT2D eigenvalue weighted by Gasteiger charge is 2.31. The first-order valence-electron chi connectivity index (χ1n) is 9.68. The van der Waals surface area contributed by atoms with E-state index >= 15 is 0 Å². The first-order chi connectivity index (χ1) is 15.2. The highest BCUT2D eigenvalue weighted by Crippen LogP contribution is 2.34. The Morgan fingerprint density at radius 3 is 2.50 bits per heavy atom. The van der Waals surface area contributed by atoms with Crippen molar-refractivity contribution in [2.75, 3.05) is 17.7 Å². The van der Waals surface area contributed by atoms with Crippen LogP contribution in [-0.4, -0.2) is 33.0 Å². The maximum Gasteiger partial charge on any atom is 0.416 e. The van der Waals surface area contributed by atoms with Crippen LogP contribution in [0.1, 0.15) is 19.4 Å². The van der Waals surface area contributed by atoms with Crippen LogP contribution in [0.2, 0.25) is 5.02 Å². The van der Waals surface area contributed by atoms with E-state index in [9.17, 15) is 18.0 Å². The second-order valence-electron chi connectivity index (χ2n) is 6.54. The number of carbonyl (C=O) groups excluding carboxylic acids is 1. The fourth-order valence-electron chi connectivity index (χ4n) is 2.87. The summed E-state index contributed by atoms with van der Waals surface area (Å²) in [5.74, 6) is 0.802. The molecule has 1 aromatic heterocycles. The lowest BCUT2D eigenvalue weighted by molar-refractivity contribution is -0.137. The zero-order chi connectivity index (χ0) is 23.3. The van der Waals surface area contributed by atoms with E-state index in [0.29, 0.717) is 24.1 Å². The van der Waals surface area contributed by atoms with Gasteiger partial charge in [0.2, 0.25) is 5.91 Å². The van der Waals surface area contributed by atoms with Gasteiger partial charge in [0.05, 0.1) is 28.6 Å². The van der Waals surface area contributed by atoms with E-state index in [1.807, 2.05) is 42.7 Å². The maximum atomic E-state index is 12.9. The number of carbonyl (C=O) groups is 1. The third-order valence-corrected chi connectivity index (χ3v) is 5.65. The molecule has 0 fully saturated rings. The average molecular weight is 485 g/mol. The number of hydrogen-bond acceptors (Lipinski definition) is 5. The SMILES string of the molecule is CCOc1ccc(-c2nnc(SCC(=O)Nc3cc(C(F)(F)F)ccc3Cl)n2CC)cc1. The highest BCUT2D eigenvalue weighted by molar-refractivity contribution is 7.99. The van der Waals surface area contributed by atoms with E-state index in [0.717, 1.165) is 41.3 Å². The van der Waals surface area contributed by atoms with Crippen LogP contribution >= 0.6 is 23.4 Å². The van der Waals surface area contributed by atoms with Gasteiger partial charge < -0.3 is 14.6 Å². The number of benzene rings is 2. The van der Waals surface area contributed by atoms with Gasteiger partial charge in [-0.15, -0.1) is 10.2 Å². The molecular formula is C21H20ClF3N4O2S. The number of alkyl halides is 3. The number of nitrogens with zero attached hydrogens (tertiary/aromatic N) is 3. The summed E-state index contributed by atoms with van der Waals surface area (Å²) in [7, 11) is 0. The lowest BCUT2D eigenvalue weighted by atomic mass is 10.2. The molecule has 0 aliphatic carbocycles. The fraction of sp³-hybridized carbons (Fsp3) is 0.286. The molecule has 3 rings (SSSR count). The zero-order valence-electron chi connectivity index (χ0n) is 17.2. The van der Waals surface area contributed by atoms with Crippen molar-refractivity contribution in [2.45, 2.75) is 31.7 Å². The molecule has 0 aliphatic rings. The molecule has 0 unspecified atom stereocenters. The number of halogens is 4. The summed E-state index contributed by atoms with van der Waals surface area (Å²) >= 11 is 7.06. The molecule has 3 aromatic rings. The Labute approximate surface area is 192 Å². The molecule has 170 valence electrons. The molecule has 0 atom stereocenters. The van der Waals surface area contributed by atoms with Crippen molar-refractivity contribution in [3.8, 4) is 17.1 Å². The smallest absolute Gasteiger partial charge is 0.416 e. The van der Waals surface area contributed by atoms with Gasteiger partial charge in [-0.3, -0.25) is 4.79 Å². The minimum absolute atomic E-state index is 0.0193. The topological polar surface area (TPSA) is 69.0 Å². The van der Waals surface area contributed by atoms with Crippen LogP contribution in [0.3, 0.4) is 0 Å². The summed E-state index contributed by atoms with van der Waals surface area (Å²) in [5.41, 5.74) is -0.149. The molecule has 11 heteroatoms. The quantitative estimate of drug-likeness (QED) is 0.411. The molecule has 6 nitrogen and oxygen atoms in total. The predicted molar refractivity (Wildman–Crippen MR) is 118 cm³/mol. The van der Waals surface area contributed by atoms with Gasteiger partial charge in [0.25, 0.3) is 0 Å². The van der Waals surface area contributed by atoms with E-state index in [2.05, 4.69) is 15.5 Å². The number of anilines is 1. The van der Waals surface area contributed by atoms with Crippen LogP contribution < -0.4 is 10.1 Å². The van der Waals surface area contributed by atoms with Crippen LogP contribution in [0, 0.1) is 0 Å². The molecule has 1 N–H and O–H groups in total. The number of rotatable bonds is 8. The van der Waals surface area contributed by atoms with E-state index in [1.54, 1.807) is 0 Å². The summed E-state index contributed by atoms with van der Waals surface area (Å²) in [6.07, 6.45) is -4.53. The standard InChI is InChI=1S/C21H20ClF3N4O2S/c1-3-29-19(13-5-8-15(9-6-13)31-4-2)27-28-20(29)32-12-18(30)26-17-11-14(21(23,24)25)7-10-16(17)22/h5-11H,3-4,12H2,1-2H3,(H,26,30). The van der Waals surface area contributed by atoms with Crippen molar-refractivity contribution in [3.05, 3.63) is 53.1 Å². The normalized spacial score (nSPS) is 11.4. The third kappa shape index (κ3) is 5.74. The van der Waals surface area contributed by atoms with Gasteiger partial charge in [-0.2, -0.15) is 13.2 Å². The summed E-state index contributed by atoms with van der Waals surface area (Å²) in [4.78, 5) is 12.3. The molecule has 0 bridgehead atoms. The van der Waals surface area contributed by atoms with Gasteiger partial charge >= 0.3 is 6.18 Å². The van der Waals surface area contributed by atoms with Crippen LogP contribution in [0.4, 0.5) is 18.9 Å². The Morgan fingerprint density at radius 1 is 1.16 bits per heavy atom. The van der Waals surface area contributed by atoms with Crippen molar-refractivity contribution < 1.29 is 22.7 Å². The van der Waals surface area contributed by atoms with Crippen molar-refractivity contribution in [2.24, 2.45) is 0 Å². The van der Waals surface area contributed by atoms with Gasteiger partial charge in [-0.05, 0) is 56.3 Å². The summed E-state index contributed by atoms with van der Waals surface area (Å²) < 4.78 is 46.0. The van der Waals surface area contributed by atoms with Gasteiger partial charge in [0.15, 0.2) is 11.0 Å². The van der Waals surface area contributed by atoms with Gasteiger partial charge in [-0.25, -0.2) is 0 Å². The van der Waals surface area contributed by atoms with Crippen LogP contribution in [0.15, 0.2) is 47.6 Å². The Balaban J connectivity index is 1.69. The monoisotopic (exact) mass is 484 g/mol. The Kier molecular flexibility index (Phi) is 7.68. The predicted octanol–water partition coefficient (Wildman–Crippen LogP) is 5.77. The molecule has 1 heterocycles. The van der Waals surface area contributed by atoms with Crippen LogP contribution in [-0.2, 0) is 17.5 Å². The molecule has 0 saturated carbocycles. The molecule has 1 amide bonds. The first-order valence-corrected chi connectivity index (χ1v) is 11.0. The maximum absolute atomic E-state index is 12.9. The molecular weight excluding hydrogens is 465 g/mol. The van der Waals surface area contributed by atoms with Crippen molar-refractivity contribution in [1.82, 2.24) is 14.8 Å². The van der Waals surface area contributed by atoms with Gasteiger partial charge in [0.1, 0.15) is 5.75 Å². The summed E-state index contributed by atoms with van der Waals surface area (Å²) in [6, 6.07) is 10.2. The lowest BCUT2D eigenvalue weighted by Gasteiger charge is -2.12. The van der Waals surface area contributed by atoms with Gasteiger partial charge in [-0.1, -0.05) is 23.4 Å². The number of aromatic nitrogens is 3. The summed E-state index contributed by atoms with van der Waals surface area (Å²) in [6.45, 7) is 4.97. The Hall–Kier alpha value is -2.72. The van der Waals surface area contributed by atoms with E-state index in [4.69, 9.17) is 16.3 Å². The largest absolute Gasteiger partial charge is 0.494 e. The molecule has 32 heavy (non-hydrogen) atoms. The number of hydrogen-bond donors (Lipinski definition) is 1.